The third-order valence-electron chi connectivity index (χ3n) is 0.903. The first-order valence-corrected chi connectivity index (χ1v) is 4.87. The molecule has 0 aromatic heterocycles. The van der Waals surface area contributed by atoms with Crippen molar-refractivity contribution in [3.8, 4) is 0 Å². The summed E-state index contributed by atoms with van der Waals surface area (Å²) in [4.78, 5) is 0. The summed E-state index contributed by atoms with van der Waals surface area (Å²) in [5, 5.41) is 0. The largest absolute Gasteiger partial charge is 0.349 e. The molecule has 0 unspecified atom stereocenters. The van der Waals surface area contributed by atoms with Crippen LogP contribution in [-0.2, 0) is 9.47 Å². The number of hydrogen-bond acceptors (Lipinski definition) is 2. The highest BCUT2D eigenvalue weighted by molar-refractivity contribution is 9.11. The molecule has 0 aliphatic carbocycles. The Labute approximate surface area is 85.3 Å². The Morgan fingerprint density at radius 2 is 1.64 bits per heavy atom. The smallest absolute Gasteiger partial charge is 0.222 e. The summed E-state index contributed by atoms with van der Waals surface area (Å²) in [7, 11) is 0. The van der Waals surface area contributed by atoms with Crippen molar-refractivity contribution < 1.29 is 9.47 Å². The van der Waals surface area contributed by atoms with Gasteiger partial charge in [0.1, 0.15) is 0 Å². The Hall–Kier alpha value is 0.980. The van der Waals surface area contributed by atoms with Crippen LogP contribution in [0.5, 0.6) is 0 Å². The Bertz CT molecular complexity index is 99.2. The zero-order valence-electron chi connectivity index (χ0n) is 6.44. The molecule has 0 saturated carbocycles. The molecule has 0 bridgehead atoms. The molecule has 0 N–H and O–H groups in total. The summed E-state index contributed by atoms with van der Waals surface area (Å²) in [6, 6.07) is 0. The first kappa shape index (κ1) is 12.0. The number of alkyl halides is 3. The summed E-state index contributed by atoms with van der Waals surface area (Å²) >= 11 is 14.4. The first-order chi connectivity index (χ1) is 5.02. The van der Waals surface area contributed by atoms with Gasteiger partial charge in [0, 0.05) is 13.2 Å². The lowest BCUT2D eigenvalue weighted by atomic mass is 10.7. The van der Waals surface area contributed by atoms with Crippen molar-refractivity contribution in [3.63, 3.8) is 0 Å². The summed E-state index contributed by atoms with van der Waals surface area (Å²) in [6.45, 7) is 4.71. The van der Waals surface area contributed by atoms with E-state index in [1.165, 1.54) is 0 Å². The van der Waals surface area contributed by atoms with Crippen molar-refractivity contribution in [1.29, 1.82) is 0 Å². The Balaban J connectivity index is 3.88. The van der Waals surface area contributed by atoms with Gasteiger partial charge in [0.25, 0.3) is 0 Å². The monoisotopic (exact) mass is 264 g/mol. The minimum Gasteiger partial charge on any atom is -0.349 e. The van der Waals surface area contributed by atoms with Gasteiger partial charge in [-0.15, -0.1) is 0 Å². The lowest BCUT2D eigenvalue weighted by Gasteiger charge is -2.23. The van der Waals surface area contributed by atoms with Crippen LogP contribution in [0.4, 0.5) is 0 Å². The van der Waals surface area contributed by atoms with E-state index in [0.29, 0.717) is 13.2 Å². The van der Waals surface area contributed by atoms with Gasteiger partial charge in [0.15, 0.2) is 0 Å². The fourth-order valence-corrected chi connectivity index (χ4v) is 1.06. The summed E-state index contributed by atoms with van der Waals surface area (Å²) in [5.74, 6) is 0. The first-order valence-electron chi connectivity index (χ1n) is 3.32. The van der Waals surface area contributed by atoms with Crippen LogP contribution in [0.3, 0.4) is 0 Å². The maximum absolute atomic E-state index is 5.69. The number of halogens is 3. The van der Waals surface area contributed by atoms with Crippen molar-refractivity contribution in [1.82, 2.24) is 0 Å². The fraction of sp³-hybridized carbons (Fsp3) is 1.00. The molecule has 0 spiro atoms. The average molecular weight is 266 g/mol. The highest BCUT2D eigenvalue weighted by Gasteiger charge is 2.33. The van der Waals surface area contributed by atoms with Crippen LogP contribution < -0.4 is 0 Å². The molecule has 0 radical (unpaired) electrons. The molecule has 0 fully saturated rings. The molecule has 0 aromatic rings. The average Bonchev–Trinajstić information content (AvgIpc) is 1.85. The van der Waals surface area contributed by atoms with Gasteiger partial charge in [-0.1, -0.05) is 23.2 Å². The number of hydrogen-bond donors (Lipinski definition) is 0. The second kappa shape index (κ2) is 5.60. The zero-order valence-corrected chi connectivity index (χ0v) is 9.54. The Kier molecular flexibility index (Phi) is 6.09. The predicted octanol–water partition coefficient (Wildman–Crippen LogP) is 2.91. The lowest BCUT2D eigenvalue weighted by Crippen LogP contribution is -2.31. The SMILES string of the molecule is CCOC(OCC)C(Cl)(Cl)Br. The highest BCUT2D eigenvalue weighted by atomic mass is 79.9. The maximum Gasteiger partial charge on any atom is 0.222 e. The second-order valence-corrected chi connectivity index (χ2v) is 5.33. The van der Waals surface area contributed by atoms with Gasteiger partial charge in [-0.25, -0.2) is 0 Å². The van der Waals surface area contributed by atoms with E-state index >= 15 is 0 Å². The maximum atomic E-state index is 5.69. The highest BCUT2D eigenvalue weighted by Crippen LogP contribution is 2.34. The molecule has 2 nitrogen and oxygen atoms in total. The quantitative estimate of drug-likeness (QED) is 0.562. The van der Waals surface area contributed by atoms with Crippen LogP contribution in [0.15, 0.2) is 0 Å². The zero-order chi connectivity index (χ0) is 8.91. The molecule has 0 rings (SSSR count). The normalized spacial score (nSPS) is 12.5. The van der Waals surface area contributed by atoms with Crippen molar-refractivity contribution >= 4 is 39.1 Å². The fourth-order valence-electron chi connectivity index (χ4n) is 0.540. The third-order valence-corrected chi connectivity index (χ3v) is 1.63. The predicted molar refractivity (Wildman–Crippen MR) is 50.4 cm³/mol. The second-order valence-electron chi connectivity index (χ2n) is 1.78. The van der Waals surface area contributed by atoms with E-state index in [1.807, 2.05) is 13.8 Å². The molecule has 0 aliphatic rings. The van der Waals surface area contributed by atoms with Crippen LogP contribution in [0, 0.1) is 0 Å². The van der Waals surface area contributed by atoms with Crippen molar-refractivity contribution in [2.45, 2.75) is 23.4 Å². The molecule has 11 heavy (non-hydrogen) atoms. The van der Waals surface area contributed by atoms with E-state index in [0.717, 1.165) is 0 Å². The van der Waals surface area contributed by atoms with Crippen LogP contribution in [-0.4, -0.2) is 22.7 Å². The van der Waals surface area contributed by atoms with E-state index in [1.54, 1.807) is 0 Å². The van der Waals surface area contributed by atoms with Crippen LogP contribution in [0.25, 0.3) is 0 Å². The number of ether oxygens (including phenoxy) is 2. The van der Waals surface area contributed by atoms with E-state index in [4.69, 9.17) is 32.7 Å². The van der Waals surface area contributed by atoms with Crippen LogP contribution in [0.1, 0.15) is 13.8 Å². The molecule has 0 heterocycles. The molecule has 0 saturated heterocycles. The van der Waals surface area contributed by atoms with Gasteiger partial charge < -0.3 is 9.47 Å². The molecular formula is C6H11BrCl2O2. The minimum atomic E-state index is -1.17. The van der Waals surface area contributed by atoms with Crippen molar-refractivity contribution in [3.05, 3.63) is 0 Å². The molecule has 0 amide bonds. The van der Waals surface area contributed by atoms with E-state index in [9.17, 15) is 0 Å². The summed E-state index contributed by atoms with van der Waals surface area (Å²) in [6.07, 6.45) is -0.624. The summed E-state index contributed by atoms with van der Waals surface area (Å²) < 4.78 is 9.06. The van der Waals surface area contributed by atoms with Crippen LogP contribution in [0.2, 0.25) is 0 Å². The molecular weight excluding hydrogens is 255 g/mol. The lowest BCUT2D eigenvalue weighted by molar-refractivity contribution is -0.130. The Morgan fingerprint density at radius 1 is 1.27 bits per heavy atom. The summed E-state index contributed by atoms with van der Waals surface area (Å²) in [5.41, 5.74) is 0. The molecule has 0 aromatic carbocycles. The standard InChI is InChI=1S/C6H11BrCl2O2/c1-3-10-5(11-4-2)6(7,8)9/h5H,3-4H2,1-2H3. The van der Waals surface area contributed by atoms with E-state index < -0.39 is 9.53 Å². The van der Waals surface area contributed by atoms with Gasteiger partial charge in [-0.2, -0.15) is 0 Å². The van der Waals surface area contributed by atoms with E-state index in [-0.39, 0.29) is 0 Å². The molecule has 0 atom stereocenters. The third kappa shape index (κ3) is 5.26. The Morgan fingerprint density at radius 3 is 1.82 bits per heavy atom. The van der Waals surface area contributed by atoms with Gasteiger partial charge in [0.2, 0.25) is 9.53 Å². The molecule has 0 aliphatic heterocycles. The van der Waals surface area contributed by atoms with Gasteiger partial charge in [-0.05, 0) is 29.8 Å². The van der Waals surface area contributed by atoms with Crippen molar-refractivity contribution in [2.24, 2.45) is 0 Å². The molecule has 5 heteroatoms. The van der Waals surface area contributed by atoms with Gasteiger partial charge >= 0.3 is 0 Å². The van der Waals surface area contributed by atoms with Crippen LogP contribution >= 0.6 is 39.1 Å². The molecule has 68 valence electrons. The van der Waals surface area contributed by atoms with Crippen molar-refractivity contribution in [2.75, 3.05) is 13.2 Å². The van der Waals surface area contributed by atoms with Gasteiger partial charge in [0.05, 0.1) is 0 Å². The topological polar surface area (TPSA) is 18.5 Å². The minimum absolute atomic E-state index is 0.511. The van der Waals surface area contributed by atoms with E-state index in [2.05, 4.69) is 15.9 Å². The van der Waals surface area contributed by atoms with Gasteiger partial charge in [-0.3, -0.25) is 0 Å². The number of rotatable bonds is 5.